The summed E-state index contributed by atoms with van der Waals surface area (Å²) in [6, 6.07) is 20.2. The van der Waals surface area contributed by atoms with Crippen LogP contribution in [0, 0.1) is 13.8 Å². The highest BCUT2D eigenvalue weighted by Gasteiger charge is 2.16. The molecule has 0 radical (unpaired) electrons. The quantitative estimate of drug-likeness (QED) is 0.299. The van der Waals surface area contributed by atoms with Crippen LogP contribution in [0.3, 0.4) is 0 Å². The van der Waals surface area contributed by atoms with Crippen molar-refractivity contribution in [3.63, 3.8) is 0 Å². The van der Waals surface area contributed by atoms with E-state index >= 15 is 0 Å². The van der Waals surface area contributed by atoms with Gasteiger partial charge in [0.05, 0.1) is 12.7 Å². The number of rotatable bonds is 7. The molecule has 0 spiro atoms. The molecule has 0 unspecified atom stereocenters. The van der Waals surface area contributed by atoms with E-state index in [9.17, 15) is 0 Å². The van der Waals surface area contributed by atoms with Gasteiger partial charge in [0, 0.05) is 23.9 Å². The molecule has 0 saturated carbocycles. The van der Waals surface area contributed by atoms with E-state index in [1.807, 2.05) is 37.3 Å². The highest BCUT2D eigenvalue weighted by atomic mass is 16.5. The van der Waals surface area contributed by atoms with Gasteiger partial charge in [0.2, 0.25) is 0 Å². The van der Waals surface area contributed by atoms with Gasteiger partial charge in [0.15, 0.2) is 11.5 Å². The standard InChI is InChI=1S/C29H26N8O/c1-4-26-32-27-18(2)14-19(3)31-29(27)37(26)17-20-7-9-21(10-8-20)25-15-22(38-23-6-5-13-30-16-23)11-12-24(25)28-33-35-36-34-28/h5-16H,4,17H2,1-3H3,(H,33,34,35,36). The molecule has 2 aromatic carbocycles. The number of fused-ring (bicyclic) bond motifs is 1. The maximum Gasteiger partial charge on any atom is 0.180 e. The van der Waals surface area contributed by atoms with E-state index in [-0.39, 0.29) is 0 Å². The van der Waals surface area contributed by atoms with Gasteiger partial charge in [-0.25, -0.2) is 15.1 Å². The number of aromatic nitrogens is 8. The number of hydrogen-bond donors (Lipinski definition) is 1. The molecule has 6 aromatic rings. The number of nitrogens with one attached hydrogen (secondary N) is 1. The van der Waals surface area contributed by atoms with E-state index in [0.717, 1.165) is 56.9 Å². The Morgan fingerprint density at radius 2 is 1.79 bits per heavy atom. The molecule has 0 aliphatic carbocycles. The summed E-state index contributed by atoms with van der Waals surface area (Å²) in [4.78, 5) is 13.8. The third-order valence-electron chi connectivity index (χ3n) is 6.48. The van der Waals surface area contributed by atoms with E-state index < -0.39 is 0 Å². The number of nitrogens with zero attached hydrogens (tertiary/aromatic N) is 7. The van der Waals surface area contributed by atoms with Crippen molar-refractivity contribution >= 4 is 11.2 Å². The molecule has 188 valence electrons. The predicted octanol–water partition coefficient (Wildman–Crippen LogP) is 5.69. The molecule has 0 atom stereocenters. The van der Waals surface area contributed by atoms with E-state index in [2.05, 4.69) is 74.4 Å². The first-order valence-corrected chi connectivity index (χ1v) is 12.5. The summed E-state index contributed by atoms with van der Waals surface area (Å²) in [6.07, 6.45) is 4.24. The van der Waals surface area contributed by atoms with Crippen molar-refractivity contribution in [2.75, 3.05) is 0 Å². The zero-order valence-corrected chi connectivity index (χ0v) is 21.4. The van der Waals surface area contributed by atoms with Gasteiger partial charge < -0.3 is 9.30 Å². The van der Waals surface area contributed by atoms with Gasteiger partial charge in [0.25, 0.3) is 0 Å². The van der Waals surface area contributed by atoms with Gasteiger partial charge in [-0.2, -0.15) is 0 Å². The lowest BCUT2D eigenvalue weighted by molar-refractivity contribution is 0.480. The molecule has 0 aliphatic rings. The third kappa shape index (κ3) is 4.50. The Kier molecular flexibility index (Phi) is 6.09. The predicted molar refractivity (Wildman–Crippen MR) is 145 cm³/mol. The fraction of sp³-hybridized carbons (Fsp3) is 0.172. The zero-order valence-electron chi connectivity index (χ0n) is 21.4. The zero-order chi connectivity index (χ0) is 26.1. The number of pyridine rings is 2. The lowest BCUT2D eigenvalue weighted by atomic mass is 9.97. The Hall–Kier alpha value is -4.92. The summed E-state index contributed by atoms with van der Waals surface area (Å²) in [6.45, 7) is 6.94. The maximum atomic E-state index is 6.05. The second-order valence-electron chi connectivity index (χ2n) is 9.17. The Morgan fingerprint density at radius 3 is 2.53 bits per heavy atom. The molecule has 9 heteroatoms. The molecule has 4 heterocycles. The van der Waals surface area contributed by atoms with Crippen LogP contribution in [-0.4, -0.2) is 40.1 Å². The van der Waals surface area contributed by atoms with Gasteiger partial charge >= 0.3 is 0 Å². The summed E-state index contributed by atoms with van der Waals surface area (Å²) in [5, 5.41) is 14.5. The van der Waals surface area contributed by atoms with Crippen molar-refractivity contribution in [2.24, 2.45) is 0 Å². The molecule has 0 aliphatic heterocycles. The summed E-state index contributed by atoms with van der Waals surface area (Å²) >= 11 is 0. The van der Waals surface area contributed by atoms with Crippen LogP contribution >= 0.6 is 0 Å². The summed E-state index contributed by atoms with van der Waals surface area (Å²) in [5.74, 6) is 2.99. The van der Waals surface area contributed by atoms with E-state index in [0.29, 0.717) is 23.9 Å². The van der Waals surface area contributed by atoms with E-state index in [4.69, 9.17) is 14.7 Å². The second kappa shape index (κ2) is 9.85. The summed E-state index contributed by atoms with van der Waals surface area (Å²) in [5.41, 5.74) is 8.07. The first-order valence-electron chi connectivity index (χ1n) is 12.5. The minimum atomic E-state index is 0.589. The Labute approximate surface area is 219 Å². The van der Waals surface area contributed by atoms with Crippen LogP contribution in [0.25, 0.3) is 33.7 Å². The summed E-state index contributed by atoms with van der Waals surface area (Å²) in [7, 11) is 0. The van der Waals surface area contributed by atoms with E-state index in [1.165, 1.54) is 0 Å². The molecule has 0 saturated heterocycles. The lowest BCUT2D eigenvalue weighted by Gasteiger charge is -2.13. The number of benzene rings is 2. The Morgan fingerprint density at radius 1 is 0.921 bits per heavy atom. The molecule has 1 N–H and O–H groups in total. The van der Waals surface area contributed by atoms with Gasteiger partial charge in [-0.1, -0.05) is 31.2 Å². The van der Waals surface area contributed by atoms with Crippen molar-refractivity contribution in [2.45, 2.75) is 33.7 Å². The third-order valence-corrected chi connectivity index (χ3v) is 6.48. The van der Waals surface area contributed by atoms with E-state index in [1.54, 1.807) is 12.4 Å². The number of aromatic amines is 1. The Balaban J connectivity index is 1.36. The molecule has 38 heavy (non-hydrogen) atoms. The Bertz CT molecular complexity index is 1710. The first-order chi connectivity index (χ1) is 18.6. The smallest absolute Gasteiger partial charge is 0.180 e. The topological polar surface area (TPSA) is 107 Å². The van der Waals surface area contributed by atoms with Crippen LogP contribution in [0.5, 0.6) is 11.5 Å². The fourth-order valence-electron chi connectivity index (χ4n) is 4.71. The van der Waals surface area contributed by atoms with Crippen molar-refractivity contribution < 1.29 is 4.74 Å². The molecule has 0 bridgehead atoms. The molecule has 9 nitrogen and oxygen atoms in total. The van der Waals surface area contributed by atoms with Crippen LogP contribution in [-0.2, 0) is 13.0 Å². The van der Waals surface area contributed by atoms with Gasteiger partial charge in [-0.3, -0.25) is 4.98 Å². The largest absolute Gasteiger partial charge is 0.456 e. The number of hydrogen-bond acceptors (Lipinski definition) is 7. The average molecular weight is 503 g/mol. The summed E-state index contributed by atoms with van der Waals surface area (Å²) < 4.78 is 8.27. The molecule has 0 fully saturated rings. The fourth-order valence-corrected chi connectivity index (χ4v) is 4.71. The maximum absolute atomic E-state index is 6.05. The van der Waals surface area contributed by atoms with Crippen LogP contribution in [0.2, 0.25) is 0 Å². The van der Waals surface area contributed by atoms with Crippen molar-refractivity contribution in [3.8, 4) is 34.0 Å². The van der Waals surface area contributed by atoms with Gasteiger partial charge in [0.1, 0.15) is 22.8 Å². The first kappa shape index (κ1) is 23.5. The van der Waals surface area contributed by atoms with Gasteiger partial charge in [-0.15, -0.1) is 5.10 Å². The minimum Gasteiger partial charge on any atom is -0.456 e. The number of ether oxygens (including phenoxy) is 1. The van der Waals surface area contributed by atoms with Gasteiger partial charge in [-0.05, 0) is 82.9 Å². The number of imidazole rings is 1. The van der Waals surface area contributed by atoms with Crippen LogP contribution in [0.15, 0.2) is 73.1 Å². The van der Waals surface area contributed by atoms with Crippen molar-refractivity contribution in [3.05, 3.63) is 95.7 Å². The highest BCUT2D eigenvalue weighted by Crippen LogP contribution is 2.35. The molecule has 0 amide bonds. The second-order valence-corrected chi connectivity index (χ2v) is 9.17. The number of H-pyrrole nitrogens is 1. The normalized spacial score (nSPS) is 11.2. The minimum absolute atomic E-state index is 0.589. The average Bonchev–Trinajstić information content (AvgIpc) is 3.59. The number of tetrazole rings is 1. The SMILES string of the molecule is CCc1nc2c(C)cc(C)nc2n1Cc1ccc(-c2cc(Oc3cccnc3)ccc2-c2nnn[nH]2)cc1. The molecule has 6 rings (SSSR count). The molecular weight excluding hydrogens is 476 g/mol. The van der Waals surface area contributed by atoms with Crippen LogP contribution < -0.4 is 4.74 Å². The highest BCUT2D eigenvalue weighted by molar-refractivity contribution is 5.82. The molecular formula is C29H26N8O. The number of aryl methyl sites for hydroxylation is 3. The van der Waals surface area contributed by atoms with Crippen LogP contribution in [0.4, 0.5) is 0 Å². The molecule has 4 aromatic heterocycles. The van der Waals surface area contributed by atoms with Crippen molar-refractivity contribution in [1.29, 1.82) is 0 Å². The monoisotopic (exact) mass is 502 g/mol. The van der Waals surface area contributed by atoms with Crippen molar-refractivity contribution in [1.82, 2.24) is 40.1 Å². The van der Waals surface area contributed by atoms with Crippen LogP contribution in [0.1, 0.15) is 29.6 Å². The lowest BCUT2D eigenvalue weighted by Crippen LogP contribution is -2.05.